The second-order valence-corrected chi connectivity index (χ2v) is 15.3. The minimum absolute atomic E-state index is 0.118. The number of carbonyl (C=O) groups excluding carboxylic acids is 1. The molecule has 3 N–H and O–H groups in total. The summed E-state index contributed by atoms with van der Waals surface area (Å²) in [6.07, 6.45) is 2.79. The molecule has 1 aromatic heterocycles. The molecule has 7 rings (SSSR count). The van der Waals surface area contributed by atoms with E-state index in [2.05, 4.69) is 9.62 Å². The highest BCUT2D eigenvalue weighted by Crippen LogP contribution is 2.72. The molecular formula is C31H37F2N2O8P. The molecule has 13 heteroatoms. The number of ether oxygens (including phenoxy) is 2. The van der Waals surface area contributed by atoms with E-state index in [1.54, 1.807) is 43.8 Å². The third-order valence-corrected chi connectivity index (χ3v) is 11.9. The van der Waals surface area contributed by atoms with Crippen LogP contribution in [0.15, 0.2) is 36.0 Å². The molecule has 1 aliphatic heterocycles. The van der Waals surface area contributed by atoms with E-state index in [4.69, 9.17) is 9.47 Å². The molecule has 0 spiro atoms. The number of alkyl halides is 1. The van der Waals surface area contributed by atoms with Crippen molar-refractivity contribution in [2.24, 2.45) is 22.7 Å². The quantitative estimate of drug-likeness (QED) is 0.408. The number of aliphatic hydroxyl groups is 1. The van der Waals surface area contributed by atoms with Crippen molar-refractivity contribution in [2.75, 3.05) is 6.61 Å². The first-order valence-electron chi connectivity index (χ1n) is 15.0. The van der Waals surface area contributed by atoms with Gasteiger partial charge < -0.3 is 24.4 Å². The van der Waals surface area contributed by atoms with Crippen molar-refractivity contribution in [3.05, 3.63) is 53.1 Å². The van der Waals surface area contributed by atoms with Gasteiger partial charge in [-0.1, -0.05) is 19.4 Å². The maximum Gasteiger partial charge on any atom is 0.470 e. The predicted octanol–water partition coefficient (Wildman–Crippen LogP) is 4.44. The average molecular weight is 635 g/mol. The summed E-state index contributed by atoms with van der Waals surface area (Å²) in [5, 5.41) is 16.5. The number of Topliss-reactive ketones (excluding diaryl/α,β-unsaturated/α-hetero) is 1. The molecule has 1 aromatic carbocycles. The third kappa shape index (κ3) is 3.95. The van der Waals surface area contributed by atoms with Crippen LogP contribution in [0, 0.1) is 28.5 Å². The van der Waals surface area contributed by atoms with Crippen molar-refractivity contribution in [3.8, 4) is 5.69 Å². The monoisotopic (exact) mass is 634 g/mol. The Hall–Kier alpha value is -2.31. The maximum absolute atomic E-state index is 18.1. The van der Waals surface area contributed by atoms with Gasteiger partial charge in [-0.3, -0.25) is 9.32 Å². The fraction of sp³-hybridized carbons (Fsp3) is 0.613. The normalized spacial score (nSPS) is 40.3. The number of allylic oxidation sites excluding steroid dienone is 1. The number of carbonyl (C=O) groups is 1. The average Bonchev–Trinajstić information content (AvgIpc) is 3.53. The number of ketones is 1. The fourth-order valence-corrected chi connectivity index (χ4v) is 9.98. The minimum atomic E-state index is -4.97. The van der Waals surface area contributed by atoms with E-state index >= 15 is 4.39 Å². The number of aromatic nitrogens is 2. The minimum Gasteiger partial charge on any atom is -0.390 e. The lowest BCUT2D eigenvalue weighted by Crippen LogP contribution is -2.70. The van der Waals surface area contributed by atoms with E-state index in [9.17, 15) is 28.6 Å². The van der Waals surface area contributed by atoms with Crippen LogP contribution in [-0.4, -0.2) is 66.3 Å². The zero-order chi connectivity index (χ0) is 31.7. The number of halogens is 2. The number of aliphatic hydroxyl groups excluding tert-OH is 1. The van der Waals surface area contributed by atoms with Crippen molar-refractivity contribution < 1.29 is 47.0 Å². The number of phosphoric acid groups is 1. The lowest BCUT2D eigenvalue weighted by molar-refractivity contribution is -0.250. The van der Waals surface area contributed by atoms with Crippen LogP contribution >= 0.6 is 7.82 Å². The molecule has 44 heavy (non-hydrogen) atoms. The van der Waals surface area contributed by atoms with Crippen molar-refractivity contribution in [1.82, 2.24) is 9.78 Å². The van der Waals surface area contributed by atoms with Gasteiger partial charge in [-0.2, -0.15) is 5.10 Å². The smallest absolute Gasteiger partial charge is 0.390 e. The predicted molar refractivity (Wildman–Crippen MR) is 152 cm³/mol. The summed E-state index contributed by atoms with van der Waals surface area (Å²) < 4.78 is 62.1. The Morgan fingerprint density at radius 3 is 2.57 bits per heavy atom. The zero-order valence-corrected chi connectivity index (χ0v) is 25.9. The first-order valence-corrected chi connectivity index (χ1v) is 16.5. The Morgan fingerprint density at radius 1 is 1.18 bits per heavy atom. The lowest BCUT2D eigenvalue weighted by atomic mass is 9.43. The summed E-state index contributed by atoms with van der Waals surface area (Å²) in [6, 6.07) is 6.00. The van der Waals surface area contributed by atoms with E-state index in [0.717, 1.165) is 16.8 Å². The van der Waals surface area contributed by atoms with Gasteiger partial charge in [0.2, 0.25) is 0 Å². The van der Waals surface area contributed by atoms with Crippen LogP contribution in [0.1, 0.15) is 64.6 Å². The molecule has 0 amide bonds. The van der Waals surface area contributed by atoms with Crippen LogP contribution in [0.25, 0.3) is 11.8 Å². The van der Waals surface area contributed by atoms with Crippen LogP contribution in [0.5, 0.6) is 0 Å². The molecule has 238 valence electrons. The zero-order valence-electron chi connectivity index (χ0n) is 25.0. The van der Waals surface area contributed by atoms with Crippen molar-refractivity contribution >= 4 is 19.7 Å². The number of benzene rings is 1. The van der Waals surface area contributed by atoms with Gasteiger partial charge in [-0.25, -0.2) is 18.0 Å². The molecule has 8 atom stereocenters. The molecule has 5 aliphatic rings. The van der Waals surface area contributed by atoms with Crippen LogP contribution in [0.2, 0.25) is 0 Å². The largest absolute Gasteiger partial charge is 0.470 e. The Balaban J connectivity index is 1.27. The van der Waals surface area contributed by atoms with Gasteiger partial charge in [0.1, 0.15) is 18.1 Å². The van der Waals surface area contributed by atoms with Gasteiger partial charge >= 0.3 is 7.82 Å². The van der Waals surface area contributed by atoms with Crippen LogP contribution in [-0.2, 0) is 29.8 Å². The maximum atomic E-state index is 18.1. The van der Waals surface area contributed by atoms with E-state index in [0.29, 0.717) is 24.9 Å². The first kappa shape index (κ1) is 30.3. The Morgan fingerprint density at radius 2 is 1.89 bits per heavy atom. The number of nitrogens with zero attached hydrogens (tertiary/aromatic N) is 2. The molecule has 0 unspecified atom stereocenters. The summed E-state index contributed by atoms with van der Waals surface area (Å²) >= 11 is 0. The highest BCUT2D eigenvalue weighted by molar-refractivity contribution is 7.46. The van der Waals surface area contributed by atoms with Gasteiger partial charge in [0, 0.05) is 16.7 Å². The Kier molecular flexibility index (Phi) is 6.47. The molecule has 2 heterocycles. The molecule has 0 bridgehead atoms. The molecular weight excluding hydrogens is 597 g/mol. The SMILES string of the molecule is CC1(C)O[C@@H]2C[C@H]3[C@@H]4CCC5=Cc6c(cnn6-c6ccc(F)cc6)C[C@]5(C)[C@@]4(F)[C@@H](O)C[C@]3(C)[C@]2(C(=O)COP(=O)(O)O)O1. The summed E-state index contributed by atoms with van der Waals surface area (Å²) in [4.78, 5) is 32.5. The van der Waals surface area contributed by atoms with E-state index in [1.807, 2.05) is 13.0 Å². The number of hydrogen-bond donors (Lipinski definition) is 3. The molecule has 4 aliphatic carbocycles. The summed E-state index contributed by atoms with van der Waals surface area (Å²) in [5.74, 6) is -3.33. The van der Waals surface area contributed by atoms with Gasteiger partial charge in [-0.15, -0.1) is 0 Å². The van der Waals surface area contributed by atoms with Crippen LogP contribution in [0.3, 0.4) is 0 Å². The topological polar surface area (TPSA) is 140 Å². The van der Waals surface area contributed by atoms with Crippen molar-refractivity contribution in [1.29, 1.82) is 0 Å². The summed E-state index contributed by atoms with van der Waals surface area (Å²) in [6.45, 7) is 6.07. The Bertz CT molecular complexity index is 1620. The van der Waals surface area contributed by atoms with Crippen molar-refractivity contribution in [3.63, 3.8) is 0 Å². The molecule has 3 saturated carbocycles. The third-order valence-electron chi connectivity index (χ3n) is 11.4. The van der Waals surface area contributed by atoms with Crippen molar-refractivity contribution in [2.45, 2.75) is 89.1 Å². The Labute approximate surface area is 253 Å². The van der Waals surface area contributed by atoms with Gasteiger partial charge in [-0.05, 0) is 87.8 Å². The standard InChI is InChI=1S/C31H37F2N2O8P/c1-27(2)42-26-12-22-21-10-5-18-11-23-17(15-34-35(23)20-8-6-19(32)7-9-20)13-28(18,3)30(21,33)24(36)14-29(22,4)31(26,43-27)25(37)16-41-44(38,39)40/h6-9,11,15,21-22,24,26,36H,5,10,12-14,16H2,1-4H3,(H2,38,39,40)/t21-,22-,24-,26+,28-,29-,30-,31+/m0/s1. The van der Waals surface area contributed by atoms with Gasteiger partial charge in [0.05, 0.1) is 29.8 Å². The highest BCUT2D eigenvalue weighted by Gasteiger charge is 2.80. The second-order valence-electron chi connectivity index (χ2n) is 14.0. The van der Waals surface area contributed by atoms with E-state index in [-0.39, 0.29) is 18.7 Å². The van der Waals surface area contributed by atoms with Gasteiger partial charge in [0.15, 0.2) is 17.2 Å². The van der Waals surface area contributed by atoms with Crippen LogP contribution < -0.4 is 0 Å². The fourth-order valence-electron chi connectivity index (χ4n) is 9.69. The van der Waals surface area contributed by atoms with Gasteiger partial charge in [0.25, 0.3) is 0 Å². The van der Waals surface area contributed by atoms with E-state index < -0.39 is 72.1 Å². The van der Waals surface area contributed by atoms with Crippen LogP contribution in [0.4, 0.5) is 8.78 Å². The number of rotatable bonds is 5. The lowest BCUT2D eigenvalue weighted by Gasteiger charge is -2.63. The van der Waals surface area contributed by atoms with E-state index in [1.165, 1.54) is 12.1 Å². The number of fused-ring (bicyclic) bond motifs is 8. The molecule has 4 fully saturated rings. The summed E-state index contributed by atoms with van der Waals surface area (Å²) in [5.41, 5.74) is -2.76. The molecule has 0 radical (unpaired) electrons. The molecule has 2 aromatic rings. The number of phosphoric ester groups is 1. The highest BCUT2D eigenvalue weighted by atomic mass is 31.2. The summed E-state index contributed by atoms with van der Waals surface area (Å²) in [7, 11) is -4.97. The molecule has 10 nitrogen and oxygen atoms in total. The molecule has 1 saturated heterocycles. The number of hydrogen-bond acceptors (Lipinski definition) is 7. The first-order chi connectivity index (χ1) is 20.5. The second kappa shape index (κ2) is 9.37.